The first-order valence-corrected chi connectivity index (χ1v) is 7.30. The topological polar surface area (TPSA) is 110 Å². The largest absolute Gasteiger partial charge is 0.292 e. The number of hydrazine groups is 1. The Hall–Kier alpha value is -2.19. The SMILES string of the molecule is Cc1cccc(C)c1NS(=O)(=O)c1cnc(NN)nc1. The van der Waals surface area contributed by atoms with Crippen LogP contribution in [0.3, 0.4) is 0 Å². The van der Waals surface area contributed by atoms with Crippen molar-refractivity contribution in [3.63, 3.8) is 0 Å². The van der Waals surface area contributed by atoms with Gasteiger partial charge in [-0.25, -0.2) is 24.2 Å². The lowest BCUT2D eigenvalue weighted by atomic mass is 10.1. The van der Waals surface area contributed by atoms with Gasteiger partial charge in [-0.1, -0.05) is 18.2 Å². The number of hydrogen-bond acceptors (Lipinski definition) is 6. The number of nitrogens with one attached hydrogen (secondary N) is 2. The fraction of sp³-hybridized carbons (Fsp3) is 0.167. The molecule has 1 aromatic heterocycles. The van der Waals surface area contributed by atoms with E-state index in [0.717, 1.165) is 11.1 Å². The molecular weight excluding hydrogens is 278 g/mol. The molecule has 0 saturated heterocycles. The van der Waals surface area contributed by atoms with Gasteiger partial charge in [0.15, 0.2) is 0 Å². The molecule has 4 N–H and O–H groups in total. The first-order chi connectivity index (χ1) is 9.44. The van der Waals surface area contributed by atoms with Gasteiger partial charge >= 0.3 is 0 Å². The maximum Gasteiger partial charge on any atom is 0.264 e. The molecule has 2 rings (SSSR count). The third-order valence-corrected chi connectivity index (χ3v) is 4.09. The average Bonchev–Trinajstić information content (AvgIpc) is 2.43. The predicted molar refractivity (Wildman–Crippen MR) is 76.6 cm³/mol. The molecule has 7 nitrogen and oxygen atoms in total. The van der Waals surface area contributed by atoms with Gasteiger partial charge in [-0.2, -0.15) is 0 Å². The fourth-order valence-corrected chi connectivity index (χ4v) is 2.79. The van der Waals surface area contributed by atoms with Crippen molar-refractivity contribution in [3.05, 3.63) is 41.7 Å². The van der Waals surface area contributed by atoms with Crippen LogP contribution in [0.4, 0.5) is 11.6 Å². The van der Waals surface area contributed by atoms with Crippen molar-refractivity contribution in [3.8, 4) is 0 Å². The summed E-state index contributed by atoms with van der Waals surface area (Å²) in [6, 6.07) is 5.54. The van der Waals surface area contributed by atoms with Gasteiger partial charge in [-0.05, 0) is 25.0 Å². The van der Waals surface area contributed by atoms with Crippen LogP contribution in [0.2, 0.25) is 0 Å². The van der Waals surface area contributed by atoms with Crippen molar-refractivity contribution < 1.29 is 8.42 Å². The minimum atomic E-state index is -3.73. The van der Waals surface area contributed by atoms with E-state index < -0.39 is 10.0 Å². The van der Waals surface area contributed by atoms with Crippen molar-refractivity contribution in [2.24, 2.45) is 5.84 Å². The Morgan fingerprint density at radius 2 is 1.65 bits per heavy atom. The number of para-hydroxylation sites is 1. The van der Waals surface area contributed by atoms with E-state index in [9.17, 15) is 8.42 Å². The first kappa shape index (κ1) is 14.2. The van der Waals surface area contributed by atoms with Crippen LogP contribution in [-0.2, 0) is 10.0 Å². The lowest BCUT2D eigenvalue weighted by Crippen LogP contribution is -2.16. The van der Waals surface area contributed by atoms with E-state index in [4.69, 9.17) is 5.84 Å². The second kappa shape index (κ2) is 5.43. The number of nitrogens with two attached hydrogens (primary N) is 1. The number of nitrogens with zero attached hydrogens (tertiary/aromatic N) is 2. The predicted octanol–water partition coefficient (Wildman–Crippen LogP) is 1.18. The molecule has 0 aliphatic heterocycles. The molecule has 106 valence electrons. The third-order valence-electron chi connectivity index (χ3n) is 2.79. The Labute approximate surface area is 117 Å². The Morgan fingerprint density at radius 1 is 1.10 bits per heavy atom. The number of hydrogen-bond donors (Lipinski definition) is 3. The van der Waals surface area contributed by atoms with Crippen molar-refractivity contribution >= 4 is 21.7 Å². The highest BCUT2D eigenvalue weighted by Crippen LogP contribution is 2.22. The molecule has 0 radical (unpaired) electrons. The zero-order valence-corrected chi connectivity index (χ0v) is 11.9. The molecule has 0 spiro atoms. The molecule has 20 heavy (non-hydrogen) atoms. The third kappa shape index (κ3) is 2.86. The van der Waals surface area contributed by atoms with Gasteiger partial charge in [0.2, 0.25) is 5.95 Å². The molecule has 0 aliphatic rings. The number of rotatable bonds is 4. The summed E-state index contributed by atoms with van der Waals surface area (Å²) in [5.74, 6) is 5.28. The van der Waals surface area contributed by atoms with Crippen LogP contribution in [0, 0.1) is 13.8 Å². The van der Waals surface area contributed by atoms with E-state index in [1.807, 2.05) is 32.0 Å². The van der Waals surface area contributed by atoms with Crippen LogP contribution in [0.25, 0.3) is 0 Å². The summed E-state index contributed by atoms with van der Waals surface area (Å²) in [4.78, 5) is 7.54. The quantitative estimate of drug-likeness (QED) is 0.577. The standard InChI is InChI=1S/C12H15N5O2S/c1-8-4-3-5-9(2)11(8)17-20(18,19)10-6-14-12(16-13)15-7-10/h3-7,17H,13H2,1-2H3,(H,14,15,16). The molecule has 1 aromatic carbocycles. The van der Waals surface area contributed by atoms with Crippen LogP contribution in [-0.4, -0.2) is 18.4 Å². The maximum atomic E-state index is 12.3. The lowest BCUT2D eigenvalue weighted by molar-refractivity contribution is 0.600. The molecule has 0 atom stereocenters. The molecule has 2 aromatic rings. The number of nitrogen functional groups attached to an aromatic ring is 1. The van der Waals surface area contributed by atoms with Gasteiger partial charge in [-0.15, -0.1) is 0 Å². The monoisotopic (exact) mass is 293 g/mol. The van der Waals surface area contributed by atoms with Crippen LogP contribution in [0.15, 0.2) is 35.5 Å². The number of anilines is 2. The van der Waals surface area contributed by atoms with Gasteiger partial charge in [0, 0.05) is 0 Å². The average molecular weight is 293 g/mol. The smallest absolute Gasteiger partial charge is 0.264 e. The van der Waals surface area contributed by atoms with Crippen molar-refractivity contribution in [1.82, 2.24) is 9.97 Å². The van der Waals surface area contributed by atoms with Gasteiger partial charge in [0.05, 0.1) is 18.1 Å². The molecule has 0 amide bonds. The van der Waals surface area contributed by atoms with Gasteiger partial charge in [0.25, 0.3) is 10.0 Å². The Bertz CT molecular complexity index is 693. The number of benzene rings is 1. The van der Waals surface area contributed by atoms with Crippen LogP contribution in [0.1, 0.15) is 11.1 Å². The van der Waals surface area contributed by atoms with Crippen molar-refractivity contribution in [2.75, 3.05) is 10.1 Å². The summed E-state index contributed by atoms with van der Waals surface area (Å²) >= 11 is 0. The lowest BCUT2D eigenvalue weighted by Gasteiger charge is -2.12. The van der Waals surface area contributed by atoms with Crippen LogP contribution >= 0.6 is 0 Å². The van der Waals surface area contributed by atoms with E-state index in [1.54, 1.807) is 0 Å². The van der Waals surface area contributed by atoms with E-state index in [2.05, 4.69) is 20.1 Å². The first-order valence-electron chi connectivity index (χ1n) is 5.82. The van der Waals surface area contributed by atoms with E-state index in [0.29, 0.717) is 5.69 Å². The minimum absolute atomic E-state index is 0.0286. The highest BCUT2D eigenvalue weighted by molar-refractivity contribution is 7.92. The van der Waals surface area contributed by atoms with Gasteiger partial charge in [0.1, 0.15) is 4.90 Å². The molecule has 0 unspecified atom stereocenters. The molecule has 8 heteroatoms. The summed E-state index contributed by atoms with van der Waals surface area (Å²) in [6.45, 7) is 3.67. The van der Waals surface area contributed by atoms with E-state index in [1.165, 1.54) is 12.4 Å². The highest BCUT2D eigenvalue weighted by atomic mass is 32.2. The molecule has 0 saturated carbocycles. The highest BCUT2D eigenvalue weighted by Gasteiger charge is 2.17. The Kier molecular flexibility index (Phi) is 3.86. The second-order valence-electron chi connectivity index (χ2n) is 4.26. The van der Waals surface area contributed by atoms with E-state index in [-0.39, 0.29) is 10.8 Å². The fourth-order valence-electron chi connectivity index (χ4n) is 1.70. The van der Waals surface area contributed by atoms with Crippen molar-refractivity contribution in [1.29, 1.82) is 0 Å². The Balaban J connectivity index is 2.35. The minimum Gasteiger partial charge on any atom is -0.292 e. The molecule has 1 heterocycles. The molecule has 0 fully saturated rings. The maximum absolute atomic E-state index is 12.3. The number of aryl methyl sites for hydroxylation is 2. The van der Waals surface area contributed by atoms with Crippen LogP contribution in [0.5, 0.6) is 0 Å². The summed E-state index contributed by atoms with van der Waals surface area (Å²) < 4.78 is 27.1. The zero-order valence-electron chi connectivity index (χ0n) is 11.1. The number of sulfonamides is 1. The second-order valence-corrected chi connectivity index (χ2v) is 5.94. The van der Waals surface area contributed by atoms with Crippen LogP contribution < -0.4 is 16.0 Å². The summed E-state index contributed by atoms with van der Waals surface area (Å²) in [5.41, 5.74) is 4.48. The molecular formula is C12H15N5O2S. The summed E-state index contributed by atoms with van der Waals surface area (Å²) in [7, 11) is -3.73. The van der Waals surface area contributed by atoms with Crippen molar-refractivity contribution in [2.45, 2.75) is 18.7 Å². The number of aromatic nitrogens is 2. The summed E-state index contributed by atoms with van der Waals surface area (Å²) in [6.07, 6.45) is 2.39. The molecule has 0 aliphatic carbocycles. The molecule has 0 bridgehead atoms. The Morgan fingerprint density at radius 3 is 2.15 bits per heavy atom. The van der Waals surface area contributed by atoms with Gasteiger partial charge < -0.3 is 0 Å². The van der Waals surface area contributed by atoms with E-state index >= 15 is 0 Å². The summed E-state index contributed by atoms with van der Waals surface area (Å²) in [5, 5.41) is 0. The normalized spacial score (nSPS) is 11.2. The zero-order chi connectivity index (χ0) is 14.8. The van der Waals surface area contributed by atoms with Gasteiger partial charge in [-0.3, -0.25) is 10.1 Å².